The van der Waals surface area contributed by atoms with Crippen molar-refractivity contribution in [3.05, 3.63) is 23.2 Å². The van der Waals surface area contributed by atoms with Crippen LogP contribution in [0.4, 0.5) is 0 Å². The number of imidazole rings is 1. The number of thioether (sulfide) groups is 1. The first-order chi connectivity index (χ1) is 9.91. The topological polar surface area (TPSA) is 55.1 Å². The number of carboxylic acid groups (broad SMARTS) is 1. The summed E-state index contributed by atoms with van der Waals surface area (Å²) in [6, 6.07) is 5.65. The first-order valence-electron chi connectivity index (χ1n) is 6.93. The standard InChI is InChI=1S/C15H17ClN2O2S/c1-15(2,9-6-7-9)18-13-10(16)4-3-5-11(13)17-14(18)21-8-12(19)20/h3-5,9H,6-8H2,1-2H3,(H,19,20). The van der Waals surface area contributed by atoms with E-state index in [1.165, 1.54) is 24.6 Å². The second-order valence-corrected chi connectivity index (χ2v) is 7.30. The van der Waals surface area contributed by atoms with Gasteiger partial charge in [-0.05, 0) is 44.7 Å². The van der Waals surface area contributed by atoms with Crippen LogP contribution in [0.5, 0.6) is 0 Å². The molecule has 1 saturated carbocycles. The zero-order valence-electron chi connectivity index (χ0n) is 12.0. The van der Waals surface area contributed by atoms with Crippen LogP contribution < -0.4 is 0 Å². The molecule has 1 fully saturated rings. The van der Waals surface area contributed by atoms with E-state index in [0.717, 1.165) is 16.2 Å². The van der Waals surface area contributed by atoms with Gasteiger partial charge >= 0.3 is 5.97 Å². The molecule has 21 heavy (non-hydrogen) atoms. The van der Waals surface area contributed by atoms with Crippen LogP contribution in [0, 0.1) is 5.92 Å². The second kappa shape index (κ2) is 5.21. The summed E-state index contributed by atoms with van der Waals surface area (Å²) < 4.78 is 2.13. The molecule has 0 atom stereocenters. The maximum absolute atomic E-state index is 10.9. The highest BCUT2D eigenvalue weighted by molar-refractivity contribution is 7.99. The number of hydrogen-bond donors (Lipinski definition) is 1. The fraction of sp³-hybridized carbons (Fsp3) is 0.467. The van der Waals surface area contributed by atoms with Gasteiger partial charge in [-0.2, -0.15) is 0 Å². The smallest absolute Gasteiger partial charge is 0.313 e. The minimum atomic E-state index is -0.839. The predicted molar refractivity (Wildman–Crippen MR) is 85.1 cm³/mol. The lowest BCUT2D eigenvalue weighted by atomic mass is 9.98. The summed E-state index contributed by atoms with van der Waals surface area (Å²) in [6.07, 6.45) is 2.39. The van der Waals surface area contributed by atoms with Crippen LogP contribution in [0.1, 0.15) is 26.7 Å². The zero-order chi connectivity index (χ0) is 15.2. The lowest BCUT2D eigenvalue weighted by Gasteiger charge is -2.29. The predicted octanol–water partition coefficient (Wildman–Crippen LogP) is 4.01. The molecule has 1 aliphatic carbocycles. The molecule has 0 amide bonds. The van der Waals surface area contributed by atoms with Crippen molar-refractivity contribution < 1.29 is 9.90 Å². The molecule has 1 aromatic heterocycles. The summed E-state index contributed by atoms with van der Waals surface area (Å²) in [5.74, 6) is -0.244. The van der Waals surface area contributed by atoms with Crippen LogP contribution in [0.3, 0.4) is 0 Å². The van der Waals surface area contributed by atoms with Crippen LogP contribution in [-0.4, -0.2) is 26.4 Å². The molecule has 1 heterocycles. The third kappa shape index (κ3) is 2.64. The molecule has 1 aromatic carbocycles. The Morgan fingerprint density at radius 1 is 1.52 bits per heavy atom. The monoisotopic (exact) mass is 324 g/mol. The fourth-order valence-electron chi connectivity index (χ4n) is 2.79. The van der Waals surface area contributed by atoms with Crippen molar-refractivity contribution in [2.24, 2.45) is 5.92 Å². The highest BCUT2D eigenvalue weighted by Gasteiger charge is 2.41. The summed E-state index contributed by atoms with van der Waals surface area (Å²) in [5, 5.41) is 10.3. The average molecular weight is 325 g/mol. The molecule has 6 heteroatoms. The minimum absolute atomic E-state index is 0.00167. The SMILES string of the molecule is CC(C)(C1CC1)n1c(SCC(=O)O)nc2cccc(Cl)c21. The van der Waals surface area contributed by atoms with E-state index < -0.39 is 5.97 Å². The molecule has 2 aromatic rings. The number of aliphatic carboxylic acids is 1. The molecule has 0 bridgehead atoms. The molecular weight excluding hydrogens is 308 g/mol. The Morgan fingerprint density at radius 3 is 2.86 bits per heavy atom. The third-order valence-corrected chi connectivity index (χ3v) is 5.30. The van der Waals surface area contributed by atoms with E-state index >= 15 is 0 Å². The number of aromatic nitrogens is 2. The molecule has 0 unspecified atom stereocenters. The van der Waals surface area contributed by atoms with Gasteiger partial charge in [0.1, 0.15) is 0 Å². The van der Waals surface area contributed by atoms with Crippen molar-refractivity contribution in [2.45, 2.75) is 37.4 Å². The maximum Gasteiger partial charge on any atom is 0.313 e. The Morgan fingerprint density at radius 2 is 2.24 bits per heavy atom. The number of hydrogen-bond acceptors (Lipinski definition) is 3. The number of carbonyl (C=O) groups is 1. The van der Waals surface area contributed by atoms with Gasteiger partial charge in [-0.1, -0.05) is 29.4 Å². The molecule has 0 saturated heterocycles. The summed E-state index contributed by atoms with van der Waals surface area (Å²) in [6.45, 7) is 4.36. The van der Waals surface area contributed by atoms with Gasteiger partial charge in [0.2, 0.25) is 0 Å². The van der Waals surface area contributed by atoms with Crippen molar-refractivity contribution in [1.82, 2.24) is 9.55 Å². The van der Waals surface area contributed by atoms with Crippen LogP contribution in [-0.2, 0) is 10.3 Å². The molecule has 3 rings (SSSR count). The van der Waals surface area contributed by atoms with E-state index in [9.17, 15) is 4.79 Å². The first kappa shape index (κ1) is 14.7. The lowest BCUT2D eigenvalue weighted by molar-refractivity contribution is -0.133. The van der Waals surface area contributed by atoms with E-state index in [-0.39, 0.29) is 11.3 Å². The van der Waals surface area contributed by atoms with Crippen LogP contribution in [0.15, 0.2) is 23.4 Å². The number of carboxylic acids is 1. The Balaban J connectivity index is 2.16. The van der Waals surface area contributed by atoms with Gasteiger partial charge in [-0.15, -0.1) is 0 Å². The molecule has 1 aliphatic rings. The Labute approximate surface area is 132 Å². The van der Waals surface area contributed by atoms with Crippen molar-refractivity contribution >= 4 is 40.4 Å². The van der Waals surface area contributed by atoms with Crippen molar-refractivity contribution in [1.29, 1.82) is 0 Å². The van der Waals surface area contributed by atoms with Gasteiger partial charge in [0.25, 0.3) is 0 Å². The van der Waals surface area contributed by atoms with Gasteiger partial charge < -0.3 is 9.67 Å². The highest BCUT2D eigenvalue weighted by Crippen LogP contribution is 2.47. The van der Waals surface area contributed by atoms with Gasteiger partial charge in [0, 0.05) is 5.54 Å². The van der Waals surface area contributed by atoms with Crippen LogP contribution in [0.2, 0.25) is 5.02 Å². The summed E-state index contributed by atoms with van der Waals surface area (Å²) >= 11 is 7.64. The number of rotatable bonds is 5. The van der Waals surface area contributed by atoms with Gasteiger partial charge in [0.05, 0.1) is 21.8 Å². The van der Waals surface area contributed by atoms with Crippen LogP contribution in [0.25, 0.3) is 11.0 Å². The second-order valence-electron chi connectivity index (χ2n) is 5.95. The van der Waals surface area contributed by atoms with E-state index in [2.05, 4.69) is 23.4 Å². The van der Waals surface area contributed by atoms with E-state index in [1.807, 2.05) is 18.2 Å². The van der Waals surface area contributed by atoms with Crippen molar-refractivity contribution in [3.63, 3.8) is 0 Å². The molecule has 112 valence electrons. The minimum Gasteiger partial charge on any atom is -0.481 e. The molecule has 0 spiro atoms. The Bertz CT molecular complexity index is 707. The first-order valence-corrected chi connectivity index (χ1v) is 8.29. The molecule has 4 nitrogen and oxygen atoms in total. The van der Waals surface area contributed by atoms with Gasteiger partial charge in [-0.3, -0.25) is 4.79 Å². The maximum atomic E-state index is 10.9. The van der Waals surface area contributed by atoms with Crippen molar-refractivity contribution in [2.75, 3.05) is 5.75 Å². The van der Waals surface area contributed by atoms with Crippen LogP contribution >= 0.6 is 23.4 Å². The third-order valence-electron chi connectivity index (χ3n) is 4.07. The highest BCUT2D eigenvalue weighted by atomic mass is 35.5. The molecular formula is C15H17ClN2O2S. The molecule has 0 radical (unpaired) electrons. The largest absolute Gasteiger partial charge is 0.481 e. The van der Waals surface area contributed by atoms with E-state index in [1.54, 1.807) is 0 Å². The Hall–Kier alpha value is -1.20. The average Bonchev–Trinajstić information content (AvgIpc) is 3.18. The lowest BCUT2D eigenvalue weighted by Crippen LogP contribution is -2.29. The summed E-state index contributed by atoms with van der Waals surface area (Å²) in [4.78, 5) is 15.5. The number of halogens is 1. The number of benzene rings is 1. The molecule has 0 aliphatic heterocycles. The quantitative estimate of drug-likeness (QED) is 0.844. The number of fused-ring (bicyclic) bond motifs is 1. The van der Waals surface area contributed by atoms with E-state index in [4.69, 9.17) is 16.7 Å². The van der Waals surface area contributed by atoms with Gasteiger partial charge in [0.15, 0.2) is 5.16 Å². The zero-order valence-corrected chi connectivity index (χ0v) is 13.5. The fourth-order valence-corrected chi connectivity index (χ4v) is 3.92. The number of para-hydroxylation sites is 1. The van der Waals surface area contributed by atoms with Crippen molar-refractivity contribution in [3.8, 4) is 0 Å². The molecule has 1 N–H and O–H groups in total. The normalized spacial score (nSPS) is 15.6. The van der Waals surface area contributed by atoms with Gasteiger partial charge in [-0.25, -0.2) is 4.98 Å². The summed E-state index contributed by atoms with van der Waals surface area (Å²) in [5.41, 5.74) is 1.62. The Kier molecular flexibility index (Phi) is 3.66. The number of nitrogens with zero attached hydrogens (tertiary/aromatic N) is 2. The van der Waals surface area contributed by atoms with E-state index in [0.29, 0.717) is 10.9 Å². The summed E-state index contributed by atoms with van der Waals surface area (Å²) in [7, 11) is 0.